The molecule has 0 saturated heterocycles. The summed E-state index contributed by atoms with van der Waals surface area (Å²) >= 11 is 0. The van der Waals surface area contributed by atoms with Gasteiger partial charge >= 0.3 is 0 Å². The van der Waals surface area contributed by atoms with E-state index in [4.69, 9.17) is 9.97 Å². The fourth-order valence-corrected chi connectivity index (χ4v) is 13.9. The maximum Gasteiger partial charge on any atom is 0.252 e. The number of fused-ring (bicyclic) bond motifs is 10. The summed E-state index contributed by atoms with van der Waals surface area (Å²) in [6, 6.07) is 68.2. The smallest absolute Gasteiger partial charge is 0.252 e. The van der Waals surface area contributed by atoms with Crippen LogP contribution in [0.4, 0.5) is 0 Å². The molecule has 0 fully saturated rings. The highest BCUT2D eigenvalue weighted by atomic mass is 15.0. The second kappa shape index (κ2) is 19.1. The fraction of sp³-hybridized carbons (Fsp3) is 0.293. The number of benzene rings is 9. The Morgan fingerprint density at radius 3 is 0.989 bits per heavy atom. The summed E-state index contributed by atoms with van der Waals surface area (Å²) in [6.45, 7) is 41.8. The molecule has 0 aliphatic carbocycles. The minimum atomic E-state index is -0.117. The summed E-state index contributed by atoms with van der Waals surface area (Å²) in [5, 5.41) is 5.06. The lowest BCUT2D eigenvalue weighted by Crippen LogP contribution is -2.59. The molecular weight excluding hydrogens is 1050 g/mol. The number of hydrogen-bond acceptors (Lipinski definition) is 2. The molecule has 0 spiro atoms. The Kier molecular flexibility index (Phi) is 12.4. The van der Waals surface area contributed by atoms with E-state index in [9.17, 15) is 0 Å². The van der Waals surface area contributed by atoms with Crippen LogP contribution in [-0.2, 0) is 32.5 Å². The minimum absolute atomic E-state index is 0.0621. The number of hydrogen-bond donors (Lipinski definition) is 0. The van der Waals surface area contributed by atoms with Crippen molar-refractivity contribution in [3.8, 4) is 67.5 Å². The van der Waals surface area contributed by atoms with Gasteiger partial charge < -0.3 is 9.13 Å². The van der Waals surface area contributed by atoms with Gasteiger partial charge in [0.25, 0.3) is 6.71 Å². The molecule has 0 radical (unpaired) electrons. The lowest BCUT2D eigenvalue weighted by molar-refractivity contribution is 0.568. The highest BCUT2D eigenvalue weighted by Crippen LogP contribution is 2.46. The average Bonchev–Trinajstić information content (AvgIpc) is 1.57. The molecule has 3 aromatic heterocycles. The minimum Gasteiger partial charge on any atom is -0.310 e. The molecule has 2 aliphatic rings. The number of aromatic nitrogens is 4. The van der Waals surface area contributed by atoms with Crippen LogP contribution in [0.1, 0.15) is 158 Å². The predicted molar refractivity (Wildman–Crippen MR) is 375 cm³/mol. The Morgan fingerprint density at radius 2 is 0.644 bits per heavy atom. The maximum atomic E-state index is 5.87. The van der Waals surface area contributed by atoms with Gasteiger partial charge in [0.15, 0.2) is 5.82 Å². The number of rotatable bonds is 5. The summed E-state index contributed by atoms with van der Waals surface area (Å²) in [7, 11) is 0. The van der Waals surface area contributed by atoms with Crippen molar-refractivity contribution in [3.05, 3.63) is 209 Å². The van der Waals surface area contributed by atoms with Crippen molar-refractivity contribution in [2.24, 2.45) is 0 Å². The molecule has 0 unspecified atom stereocenters. The second-order valence-electron chi connectivity index (χ2n) is 31.7. The van der Waals surface area contributed by atoms with Gasteiger partial charge in [-0.05, 0) is 183 Å². The molecule has 0 N–H and O–H groups in total. The van der Waals surface area contributed by atoms with Gasteiger partial charge in [0.2, 0.25) is 0 Å². The maximum absolute atomic E-state index is 5.87. The summed E-state index contributed by atoms with van der Waals surface area (Å²) in [5.74, 6) is 0.705. The van der Waals surface area contributed by atoms with Gasteiger partial charge in [-0.1, -0.05) is 222 Å². The molecule has 4 nitrogen and oxygen atoms in total. The van der Waals surface area contributed by atoms with Gasteiger partial charge in [0, 0.05) is 60.6 Å². The summed E-state index contributed by atoms with van der Waals surface area (Å²) in [4.78, 5) is 11.7. The predicted octanol–water partition coefficient (Wildman–Crippen LogP) is 19.9. The first-order valence-corrected chi connectivity index (χ1v) is 31.7. The monoisotopic (exact) mass is 1130 g/mol. The molecule has 0 amide bonds. The van der Waals surface area contributed by atoms with E-state index in [0.29, 0.717) is 5.82 Å². The SMILES string of the molecule is CC(C)(C)c1cc(-c2cc(-c3cc(C(C)(C)C)cc(C(C)(C)C)c3)nc(-c3cc4c5c(c3)-n3c6ccc(C(C)(C)C)cc6c6cc(-c7ccccc7)cc(c63)B5c3cc(-c5ccccc5)cc5c6cc(C(C)(C)C)ccc6n-4c35)n2)cc(C(C)(C)C)c1. The fourth-order valence-electron chi connectivity index (χ4n) is 13.9. The van der Waals surface area contributed by atoms with Crippen LogP contribution < -0.4 is 16.4 Å². The Morgan fingerprint density at radius 1 is 0.287 bits per heavy atom. The quantitative estimate of drug-likeness (QED) is 0.161. The highest BCUT2D eigenvalue weighted by Gasteiger charge is 2.43. The molecule has 0 bridgehead atoms. The average molecular weight is 1140 g/mol. The van der Waals surface area contributed by atoms with Crippen LogP contribution in [0.2, 0.25) is 0 Å². The van der Waals surface area contributed by atoms with E-state index in [1.165, 1.54) is 116 Å². The van der Waals surface area contributed by atoms with E-state index in [1.54, 1.807) is 0 Å². The third-order valence-electron chi connectivity index (χ3n) is 19.2. The molecule has 9 aromatic carbocycles. The van der Waals surface area contributed by atoms with Crippen molar-refractivity contribution < 1.29 is 0 Å². The zero-order valence-corrected chi connectivity index (χ0v) is 54.6. The van der Waals surface area contributed by atoms with Gasteiger partial charge in [-0.15, -0.1) is 0 Å². The lowest BCUT2D eigenvalue weighted by atomic mass is 9.34. The standard InChI is InChI=1S/C82H83BN4/c1-77(2,3)55-29-31-69-61(45-55)63-37-50(48-25-21-19-22-26-48)39-65-74(63)86(69)71-41-54(42-72-73(71)83(65)66-40-51(49-27-23-20-24-28-49)38-64-62-46-56(78(4,5)6)30-32-70(62)87(72)75(64)66)76-84-67(52-33-57(79(7,8)9)43-58(34-52)80(10,11)12)47-68(85-76)53-35-59(81(13,14)15)44-60(36-53)82(16,17)18/h19-47H,1-18H3. The van der Waals surface area contributed by atoms with Crippen molar-refractivity contribution in [3.63, 3.8) is 0 Å². The Labute approximate surface area is 516 Å². The van der Waals surface area contributed by atoms with Gasteiger partial charge in [0.1, 0.15) is 0 Å². The topological polar surface area (TPSA) is 35.6 Å². The molecule has 5 heteroatoms. The molecule has 87 heavy (non-hydrogen) atoms. The van der Waals surface area contributed by atoms with Crippen LogP contribution in [0.5, 0.6) is 0 Å². The molecule has 12 aromatic rings. The van der Waals surface area contributed by atoms with Crippen LogP contribution in [0.25, 0.3) is 111 Å². The molecule has 0 saturated carbocycles. The van der Waals surface area contributed by atoms with Gasteiger partial charge in [-0.2, -0.15) is 0 Å². The van der Waals surface area contributed by atoms with Crippen molar-refractivity contribution >= 4 is 66.7 Å². The third-order valence-corrected chi connectivity index (χ3v) is 19.2. The van der Waals surface area contributed by atoms with E-state index < -0.39 is 0 Å². The van der Waals surface area contributed by atoms with E-state index >= 15 is 0 Å². The van der Waals surface area contributed by atoms with Crippen molar-refractivity contribution in [2.75, 3.05) is 0 Å². The zero-order chi connectivity index (χ0) is 61.4. The van der Waals surface area contributed by atoms with Crippen LogP contribution in [0, 0.1) is 0 Å². The normalized spacial score (nSPS) is 13.6. The van der Waals surface area contributed by atoms with E-state index in [2.05, 4.69) is 310 Å². The van der Waals surface area contributed by atoms with E-state index in [1.807, 2.05) is 0 Å². The van der Waals surface area contributed by atoms with Gasteiger partial charge in [0.05, 0.1) is 22.4 Å². The first-order valence-electron chi connectivity index (χ1n) is 31.7. The first-order chi connectivity index (χ1) is 40.9. The molecule has 2 aliphatic heterocycles. The van der Waals surface area contributed by atoms with Crippen LogP contribution in [0.15, 0.2) is 176 Å². The lowest BCUT2D eigenvalue weighted by Gasteiger charge is -2.34. The molecule has 434 valence electrons. The number of nitrogens with zero attached hydrogens (tertiary/aromatic N) is 4. The van der Waals surface area contributed by atoms with Gasteiger partial charge in [-0.25, -0.2) is 9.97 Å². The second-order valence-corrected chi connectivity index (χ2v) is 31.7. The first kappa shape index (κ1) is 56.5. The molecule has 0 atom stereocenters. The molecule has 5 heterocycles. The van der Waals surface area contributed by atoms with Crippen LogP contribution >= 0.6 is 0 Å². The zero-order valence-electron chi connectivity index (χ0n) is 54.6. The van der Waals surface area contributed by atoms with Crippen molar-refractivity contribution in [1.82, 2.24) is 19.1 Å². The Bertz CT molecular complexity index is 4470. The van der Waals surface area contributed by atoms with E-state index in [-0.39, 0.29) is 39.2 Å². The van der Waals surface area contributed by atoms with Gasteiger partial charge in [-0.3, -0.25) is 0 Å². The van der Waals surface area contributed by atoms with E-state index in [0.717, 1.165) is 39.5 Å². The largest absolute Gasteiger partial charge is 0.310 e. The third kappa shape index (κ3) is 9.40. The highest BCUT2D eigenvalue weighted by molar-refractivity contribution is 7.00. The Balaban J connectivity index is 1.16. The summed E-state index contributed by atoms with van der Waals surface area (Å²) in [5.41, 5.74) is 28.4. The molecule has 14 rings (SSSR count). The summed E-state index contributed by atoms with van der Waals surface area (Å²) in [6.07, 6.45) is 0. The van der Waals surface area contributed by atoms with Crippen molar-refractivity contribution in [1.29, 1.82) is 0 Å². The Hall–Kier alpha value is -8.28. The van der Waals surface area contributed by atoms with Crippen LogP contribution in [-0.4, -0.2) is 25.8 Å². The van der Waals surface area contributed by atoms with Crippen molar-refractivity contribution in [2.45, 2.75) is 157 Å². The summed E-state index contributed by atoms with van der Waals surface area (Å²) < 4.78 is 5.25. The molecular formula is C82H83BN4. The van der Waals surface area contributed by atoms with Crippen LogP contribution in [0.3, 0.4) is 0 Å².